The van der Waals surface area contributed by atoms with Crippen molar-refractivity contribution in [3.63, 3.8) is 0 Å². The van der Waals surface area contributed by atoms with Crippen LogP contribution in [-0.2, 0) is 4.79 Å². The summed E-state index contributed by atoms with van der Waals surface area (Å²) in [6.07, 6.45) is 0. The van der Waals surface area contributed by atoms with Gasteiger partial charge in [-0.05, 0) is 13.1 Å². The van der Waals surface area contributed by atoms with Crippen molar-refractivity contribution in [1.82, 2.24) is 4.90 Å². The van der Waals surface area contributed by atoms with E-state index in [0.717, 1.165) is 25.4 Å². The molecular weight excluding hydrogens is 198 g/mol. The number of nitrogens with zero attached hydrogens (tertiary/aromatic N) is 1. The Kier molecular flexibility index (Phi) is 7.93. The van der Waals surface area contributed by atoms with E-state index in [4.69, 9.17) is 11.5 Å². The minimum atomic E-state index is -0.503. The van der Waals surface area contributed by atoms with E-state index in [1.54, 1.807) is 11.8 Å². The van der Waals surface area contributed by atoms with Crippen LogP contribution >= 0.6 is 11.8 Å². The molecular formula is C9H21N3OS. The van der Waals surface area contributed by atoms with Gasteiger partial charge >= 0.3 is 0 Å². The Morgan fingerprint density at radius 3 is 2.43 bits per heavy atom. The molecule has 0 aromatic heterocycles. The number of carbonyl (C=O) groups excluding carboxylic acids is 1. The van der Waals surface area contributed by atoms with Gasteiger partial charge in [0.15, 0.2) is 0 Å². The van der Waals surface area contributed by atoms with Gasteiger partial charge in [0.25, 0.3) is 0 Å². The zero-order chi connectivity index (χ0) is 11.0. The topological polar surface area (TPSA) is 72.3 Å². The normalized spacial score (nSPS) is 13.1. The summed E-state index contributed by atoms with van der Waals surface area (Å²) in [4.78, 5) is 12.9. The van der Waals surface area contributed by atoms with E-state index >= 15 is 0 Å². The van der Waals surface area contributed by atoms with E-state index in [0.29, 0.717) is 5.75 Å². The quantitative estimate of drug-likeness (QED) is 0.558. The van der Waals surface area contributed by atoms with Gasteiger partial charge in [-0.1, -0.05) is 13.8 Å². The summed E-state index contributed by atoms with van der Waals surface area (Å²) in [5, 5.41) is 0. The van der Waals surface area contributed by atoms with Crippen LogP contribution in [0.4, 0.5) is 0 Å². The first-order valence-electron chi connectivity index (χ1n) is 4.96. The number of carbonyl (C=O) groups is 1. The lowest BCUT2D eigenvalue weighted by molar-refractivity contribution is -0.118. The number of nitrogens with two attached hydrogens (primary N) is 2. The predicted octanol–water partition coefficient (Wildman–Crippen LogP) is -0.126. The minimum Gasteiger partial charge on any atom is -0.368 e. The average Bonchev–Trinajstić information content (AvgIpc) is 2.17. The van der Waals surface area contributed by atoms with Gasteiger partial charge in [0.2, 0.25) is 5.91 Å². The number of amides is 1. The van der Waals surface area contributed by atoms with Gasteiger partial charge in [-0.25, -0.2) is 0 Å². The summed E-state index contributed by atoms with van der Waals surface area (Å²) in [5.41, 5.74) is 10.5. The van der Waals surface area contributed by atoms with Crippen molar-refractivity contribution in [3.05, 3.63) is 0 Å². The van der Waals surface area contributed by atoms with Crippen molar-refractivity contribution in [2.45, 2.75) is 19.9 Å². The fourth-order valence-corrected chi connectivity index (χ4v) is 2.00. The van der Waals surface area contributed by atoms with Crippen LogP contribution in [0.5, 0.6) is 0 Å². The molecule has 0 rings (SSSR count). The number of hydrogen-bond acceptors (Lipinski definition) is 4. The van der Waals surface area contributed by atoms with Crippen LogP contribution in [0.1, 0.15) is 13.8 Å². The van der Waals surface area contributed by atoms with Gasteiger partial charge in [0, 0.05) is 18.1 Å². The second-order valence-electron chi connectivity index (χ2n) is 3.11. The molecule has 0 saturated carbocycles. The lowest BCUT2D eigenvalue weighted by atomic mass is 10.3. The second-order valence-corrected chi connectivity index (χ2v) is 4.26. The van der Waals surface area contributed by atoms with Crippen molar-refractivity contribution in [3.8, 4) is 0 Å². The summed E-state index contributed by atoms with van der Waals surface area (Å²) in [5.74, 6) is 1.21. The van der Waals surface area contributed by atoms with E-state index in [9.17, 15) is 4.79 Å². The van der Waals surface area contributed by atoms with E-state index in [1.165, 1.54) is 0 Å². The highest BCUT2D eigenvalue weighted by Crippen LogP contribution is 2.02. The Balaban J connectivity index is 3.41. The maximum absolute atomic E-state index is 10.6. The first-order chi connectivity index (χ1) is 6.61. The highest BCUT2D eigenvalue weighted by Gasteiger charge is 2.08. The largest absolute Gasteiger partial charge is 0.368 e. The van der Waals surface area contributed by atoms with Crippen molar-refractivity contribution >= 4 is 17.7 Å². The molecule has 5 heteroatoms. The molecule has 1 atom stereocenters. The summed E-state index contributed by atoms with van der Waals surface area (Å²) >= 11 is 1.68. The van der Waals surface area contributed by atoms with Crippen LogP contribution in [0, 0.1) is 0 Å². The third-order valence-electron chi connectivity index (χ3n) is 2.11. The smallest absolute Gasteiger partial charge is 0.235 e. The molecule has 1 amide bonds. The molecule has 0 aliphatic rings. The molecule has 0 aliphatic heterocycles. The molecule has 0 fully saturated rings. The third kappa shape index (κ3) is 6.23. The van der Waals surface area contributed by atoms with Crippen molar-refractivity contribution in [1.29, 1.82) is 0 Å². The summed E-state index contributed by atoms with van der Waals surface area (Å²) < 4.78 is 0. The number of rotatable bonds is 8. The van der Waals surface area contributed by atoms with Gasteiger partial charge in [0.05, 0.1) is 6.04 Å². The Labute approximate surface area is 90.4 Å². The predicted molar refractivity (Wildman–Crippen MR) is 62.3 cm³/mol. The Morgan fingerprint density at radius 1 is 1.43 bits per heavy atom. The van der Waals surface area contributed by atoms with Crippen molar-refractivity contribution in [2.75, 3.05) is 31.1 Å². The summed E-state index contributed by atoms with van der Waals surface area (Å²) in [7, 11) is 0. The third-order valence-corrected chi connectivity index (χ3v) is 3.18. The van der Waals surface area contributed by atoms with Gasteiger partial charge in [-0.3, -0.25) is 4.79 Å². The molecule has 0 heterocycles. The van der Waals surface area contributed by atoms with Crippen LogP contribution in [0.25, 0.3) is 0 Å². The highest BCUT2D eigenvalue weighted by molar-refractivity contribution is 7.99. The fraction of sp³-hybridized carbons (Fsp3) is 0.889. The molecule has 0 saturated heterocycles. The van der Waals surface area contributed by atoms with E-state index in [-0.39, 0.29) is 0 Å². The van der Waals surface area contributed by atoms with Gasteiger partial charge in [-0.15, -0.1) is 0 Å². The Hall–Kier alpha value is -0.260. The number of hydrogen-bond donors (Lipinski definition) is 2. The minimum absolute atomic E-state index is 0.416. The number of thioether (sulfide) groups is 1. The van der Waals surface area contributed by atoms with E-state index in [2.05, 4.69) is 18.7 Å². The zero-order valence-corrected chi connectivity index (χ0v) is 9.85. The SMILES string of the molecule is CCN(CC)CCSCC(N)C(N)=O. The molecule has 0 radical (unpaired) electrons. The molecule has 0 aromatic carbocycles. The highest BCUT2D eigenvalue weighted by atomic mass is 32.2. The summed E-state index contributed by atoms with van der Waals surface area (Å²) in [6.45, 7) is 7.47. The van der Waals surface area contributed by atoms with E-state index in [1.807, 2.05) is 0 Å². The monoisotopic (exact) mass is 219 g/mol. The van der Waals surface area contributed by atoms with E-state index < -0.39 is 11.9 Å². The lowest BCUT2D eigenvalue weighted by Crippen LogP contribution is -2.38. The molecule has 4 N–H and O–H groups in total. The zero-order valence-electron chi connectivity index (χ0n) is 9.03. The summed E-state index contributed by atoms with van der Waals surface area (Å²) in [6, 6.07) is -0.503. The molecule has 1 unspecified atom stereocenters. The van der Waals surface area contributed by atoms with Crippen LogP contribution in [0.15, 0.2) is 0 Å². The van der Waals surface area contributed by atoms with Crippen LogP contribution < -0.4 is 11.5 Å². The molecule has 0 aliphatic carbocycles. The van der Waals surface area contributed by atoms with Gasteiger partial charge in [-0.2, -0.15) is 11.8 Å². The standard InChI is InChI=1S/C9H21N3OS/c1-3-12(4-2)5-6-14-7-8(10)9(11)13/h8H,3-7,10H2,1-2H3,(H2,11,13). The molecule has 4 nitrogen and oxygen atoms in total. The fourth-order valence-electron chi connectivity index (χ4n) is 1.03. The molecule has 0 spiro atoms. The van der Waals surface area contributed by atoms with Crippen LogP contribution in [0.2, 0.25) is 0 Å². The van der Waals surface area contributed by atoms with Crippen LogP contribution in [-0.4, -0.2) is 48.0 Å². The number of primary amides is 1. The molecule has 84 valence electrons. The maximum Gasteiger partial charge on any atom is 0.235 e. The van der Waals surface area contributed by atoms with Crippen LogP contribution in [0.3, 0.4) is 0 Å². The molecule has 0 aromatic rings. The Morgan fingerprint density at radius 2 is 2.00 bits per heavy atom. The Bertz CT molecular complexity index is 162. The van der Waals surface area contributed by atoms with Crippen molar-refractivity contribution in [2.24, 2.45) is 11.5 Å². The first-order valence-corrected chi connectivity index (χ1v) is 6.12. The first kappa shape index (κ1) is 13.7. The molecule has 14 heavy (non-hydrogen) atoms. The maximum atomic E-state index is 10.6. The van der Waals surface area contributed by atoms with Gasteiger partial charge < -0.3 is 16.4 Å². The van der Waals surface area contributed by atoms with Crippen molar-refractivity contribution < 1.29 is 4.79 Å². The average molecular weight is 219 g/mol. The second kappa shape index (κ2) is 8.08. The van der Waals surface area contributed by atoms with Gasteiger partial charge in [0.1, 0.15) is 0 Å². The lowest BCUT2D eigenvalue weighted by Gasteiger charge is -2.17. The molecule has 0 bridgehead atoms.